The minimum absolute atomic E-state index is 0.0717. The number of ether oxygens (including phenoxy) is 2. The van der Waals surface area contributed by atoms with Crippen LogP contribution >= 0.6 is 0 Å². The van der Waals surface area contributed by atoms with E-state index in [1.807, 2.05) is 13.8 Å². The standard InChI is InChI=1S/C7H15NO2/c1-5(2)10-7-4-9-3-6(7)8/h5-7H,3-4,8H2,1-2H3/t6-,7-/m0/s1. The molecule has 0 bridgehead atoms. The van der Waals surface area contributed by atoms with Crippen LogP contribution in [0, 0.1) is 0 Å². The number of nitrogens with two attached hydrogens (primary N) is 1. The van der Waals surface area contributed by atoms with E-state index in [1.165, 1.54) is 0 Å². The van der Waals surface area contributed by atoms with Gasteiger partial charge < -0.3 is 15.2 Å². The summed E-state index contributed by atoms with van der Waals surface area (Å²) in [5.41, 5.74) is 5.68. The van der Waals surface area contributed by atoms with Crippen molar-refractivity contribution in [2.75, 3.05) is 13.2 Å². The van der Waals surface area contributed by atoms with Gasteiger partial charge in [-0.3, -0.25) is 0 Å². The molecule has 0 aromatic rings. The Kier molecular flexibility index (Phi) is 2.65. The van der Waals surface area contributed by atoms with E-state index in [0.717, 1.165) is 0 Å². The Morgan fingerprint density at radius 2 is 2.20 bits per heavy atom. The molecule has 60 valence electrons. The maximum Gasteiger partial charge on any atom is 0.0984 e. The third kappa shape index (κ3) is 1.94. The molecule has 0 aliphatic carbocycles. The van der Waals surface area contributed by atoms with E-state index < -0.39 is 0 Å². The van der Waals surface area contributed by atoms with Crippen molar-refractivity contribution in [1.82, 2.24) is 0 Å². The van der Waals surface area contributed by atoms with Crippen molar-refractivity contribution in [1.29, 1.82) is 0 Å². The Morgan fingerprint density at radius 1 is 1.50 bits per heavy atom. The molecule has 1 fully saturated rings. The molecule has 0 saturated carbocycles. The average Bonchev–Trinajstić information content (AvgIpc) is 2.15. The number of rotatable bonds is 2. The summed E-state index contributed by atoms with van der Waals surface area (Å²) in [7, 11) is 0. The lowest BCUT2D eigenvalue weighted by atomic mass is 10.2. The second-order valence-electron chi connectivity index (χ2n) is 2.92. The topological polar surface area (TPSA) is 44.5 Å². The molecule has 1 aliphatic heterocycles. The van der Waals surface area contributed by atoms with E-state index in [4.69, 9.17) is 15.2 Å². The quantitative estimate of drug-likeness (QED) is 0.601. The molecule has 1 heterocycles. The van der Waals surface area contributed by atoms with Crippen LogP contribution in [0.3, 0.4) is 0 Å². The molecule has 10 heavy (non-hydrogen) atoms. The fourth-order valence-corrected chi connectivity index (χ4v) is 1.04. The van der Waals surface area contributed by atoms with Crippen molar-refractivity contribution in [3.63, 3.8) is 0 Å². The molecule has 1 aliphatic rings. The number of hydrogen-bond donors (Lipinski definition) is 1. The molecule has 2 N–H and O–H groups in total. The molecule has 1 saturated heterocycles. The summed E-state index contributed by atoms with van der Waals surface area (Å²) in [6.45, 7) is 5.30. The highest BCUT2D eigenvalue weighted by atomic mass is 16.6. The minimum Gasteiger partial charge on any atom is -0.377 e. The van der Waals surface area contributed by atoms with Crippen molar-refractivity contribution in [3.05, 3.63) is 0 Å². The van der Waals surface area contributed by atoms with Gasteiger partial charge in [0.1, 0.15) is 0 Å². The summed E-state index contributed by atoms with van der Waals surface area (Å²) in [5, 5.41) is 0. The van der Waals surface area contributed by atoms with Gasteiger partial charge in [0.2, 0.25) is 0 Å². The Bertz CT molecular complexity index is 106. The van der Waals surface area contributed by atoms with Crippen LogP contribution in [0.1, 0.15) is 13.8 Å². The Labute approximate surface area is 61.5 Å². The van der Waals surface area contributed by atoms with Crippen LogP contribution in [0.4, 0.5) is 0 Å². The highest BCUT2D eigenvalue weighted by Gasteiger charge is 2.25. The second-order valence-corrected chi connectivity index (χ2v) is 2.92. The lowest BCUT2D eigenvalue weighted by Crippen LogP contribution is -2.36. The van der Waals surface area contributed by atoms with Gasteiger partial charge in [0, 0.05) is 0 Å². The zero-order valence-electron chi connectivity index (χ0n) is 6.54. The number of hydrogen-bond acceptors (Lipinski definition) is 3. The first kappa shape index (κ1) is 7.98. The van der Waals surface area contributed by atoms with Gasteiger partial charge in [-0.1, -0.05) is 0 Å². The first-order valence-corrected chi connectivity index (χ1v) is 3.69. The van der Waals surface area contributed by atoms with Gasteiger partial charge >= 0.3 is 0 Å². The Hall–Kier alpha value is -0.120. The van der Waals surface area contributed by atoms with E-state index in [0.29, 0.717) is 13.2 Å². The van der Waals surface area contributed by atoms with Crippen molar-refractivity contribution >= 4 is 0 Å². The van der Waals surface area contributed by atoms with Gasteiger partial charge in [0.25, 0.3) is 0 Å². The summed E-state index contributed by atoms with van der Waals surface area (Å²) in [4.78, 5) is 0. The third-order valence-corrected chi connectivity index (χ3v) is 1.52. The zero-order chi connectivity index (χ0) is 7.56. The van der Waals surface area contributed by atoms with Crippen LogP contribution in [-0.2, 0) is 9.47 Å². The Balaban J connectivity index is 2.26. The van der Waals surface area contributed by atoms with Crippen LogP contribution in [0.5, 0.6) is 0 Å². The minimum atomic E-state index is 0.0717. The average molecular weight is 145 g/mol. The first-order chi connectivity index (χ1) is 4.70. The van der Waals surface area contributed by atoms with E-state index in [2.05, 4.69) is 0 Å². The predicted molar refractivity (Wildman–Crippen MR) is 38.8 cm³/mol. The van der Waals surface area contributed by atoms with Gasteiger partial charge in [-0.25, -0.2) is 0 Å². The molecule has 0 aromatic carbocycles. The second kappa shape index (κ2) is 3.32. The van der Waals surface area contributed by atoms with Crippen molar-refractivity contribution in [2.45, 2.75) is 32.1 Å². The SMILES string of the molecule is CC(C)O[C@H]1COC[C@@H]1N. The monoisotopic (exact) mass is 145 g/mol. The third-order valence-electron chi connectivity index (χ3n) is 1.52. The van der Waals surface area contributed by atoms with Gasteiger partial charge in [0.15, 0.2) is 0 Å². The van der Waals surface area contributed by atoms with Crippen LogP contribution < -0.4 is 5.73 Å². The van der Waals surface area contributed by atoms with Gasteiger partial charge in [0.05, 0.1) is 31.5 Å². The smallest absolute Gasteiger partial charge is 0.0984 e. The zero-order valence-corrected chi connectivity index (χ0v) is 6.54. The molecule has 3 nitrogen and oxygen atoms in total. The molecule has 0 amide bonds. The molecular weight excluding hydrogens is 130 g/mol. The van der Waals surface area contributed by atoms with Gasteiger partial charge in [-0.05, 0) is 13.8 Å². The molecular formula is C7H15NO2. The van der Waals surface area contributed by atoms with E-state index in [9.17, 15) is 0 Å². The maximum absolute atomic E-state index is 5.68. The predicted octanol–water partition coefficient (Wildman–Crippen LogP) is 0.138. The van der Waals surface area contributed by atoms with E-state index >= 15 is 0 Å². The van der Waals surface area contributed by atoms with E-state index in [1.54, 1.807) is 0 Å². The molecule has 3 heteroatoms. The molecule has 0 unspecified atom stereocenters. The summed E-state index contributed by atoms with van der Waals surface area (Å²) in [6, 6.07) is 0.0717. The first-order valence-electron chi connectivity index (χ1n) is 3.69. The molecule has 0 radical (unpaired) electrons. The lowest BCUT2D eigenvalue weighted by Gasteiger charge is -2.16. The summed E-state index contributed by atoms with van der Waals surface area (Å²) < 4.78 is 10.6. The van der Waals surface area contributed by atoms with Crippen LogP contribution in [0.2, 0.25) is 0 Å². The van der Waals surface area contributed by atoms with Crippen molar-refractivity contribution in [2.24, 2.45) is 5.73 Å². The summed E-state index contributed by atoms with van der Waals surface area (Å²) >= 11 is 0. The molecule has 0 spiro atoms. The van der Waals surface area contributed by atoms with Crippen LogP contribution in [0.25, 0.3) is 0 Å². The van der Waals surface area contributed by atoms with Crippen LogP contribution in [0.15, 0.2) is 0 Å². The van der Waals surface area contributed by atoms with E-state index in [-0.39, 0.29) is 18.2 Å². The Morgan fingerprint density at radius 3 is 2.60 bits per heavy atom. The lowest BCUT2D eigenvalue weighted by molar-refractivity contribution is -0.00224. The normalized spacial score (nSPS) is 33.6. The highest BCUT2D eigenvalue weighted by Crippen LogP contribution is 2.09. The largest absolute Gasteiger partial charge is 0.377 e. The van der Waals surface area contributed by atoms with Crippen LogP contribution in [-0.4, -0.2) is 31.5 Å². The van der Waals surface area contributed by atoms with Crippen molar-refractivity contribution in [3.8, 4) is 0 Å². The summed E-state index contributed by atoms with van der Waals surface area (Å²) in [6.07, 6.45) is 0.359. The highest BCUT2D eigenvalue weighted by molar-refractivity contribution is 4.78. The fraction of sp³-hybridized carbons (Fsp3) is 1.00. The molecule has 1 rings (SSSR count). The van der Waals surface area contributed by atoms with Gasteiger partial charge in [-0.2, -0.15) is 0 Å². The van der Waals surface area contributed by atoms with Gasteiger partial charge in [-0.15, -0.1) is 0 Å². The summed E-state index contributed by atoms with van der Waals surface area (Å²) in [5.74, 6) is 0. The molecule has 2 atom stereocenters. The molecule has 0 aromatic heterocycles. The maximum atomic E-state index is 5.68. The fourth-order valence-electron chi connectivity index (χ4n) is 1.04. The van der Waals surface area contributed by atoms with Crippen molar-refractivity contribution < 1.29 is 9.47 Å².